The van der Waals surface area contributed by atoms with E-state index in [1.165, 1.54) is 5.56 Å². The number of nitrogens with zero attached hydrogens (tertiary/aromatic N) is 1. The summed E-state index contributed by atoms with van der Waals surface area (Å²) in [5, 5.41) is 3.14. The molecule has 0 spiro atoms. The van der Waals surface area contributed by atoms with Gasteiger partial charge < -0.3 is 15.0 Å². The molecule has 3 heteroatoms. The van der Waals surface area contributed by atoms with Crippen LogP contribution in [0.2, 0.25) is 0 Å². The average molecular weight is 236 g/mol. The maximum absolute atomic E-state index is 5.76. The zero-order chi connectivity index (χ0) is 12.5. The fourth-order valence-electron chi connectivity index (χ4n) is 1.78. The third-order valence-electron chi connectivity index (χ3n) is 2.85. The molecule has 0 aliphatic rings. The summed E-state index contributed by atoms with van der Waals surface area (Å²) in [5.74, 6) is 0.963. The highest BCUT2D eigenvalue weighted by molar-refractivity contribution is 5.28. The average Bonchev–Trinajstić information content (AvgIpc) is 2.36. The van der Waals surface area contributed by atoms with Crippen molar-refractivity contribution in [1.82, 2.24) is 10.2 Å². The summed E-state index contributed by atoms with van der Waals surface area (Å²) in [5.41, 5.74) is 1.26. The first-order valence-electron chi connectivity index (χ1n) is 6.38. The molecule has 3 nitrogen and oxygen atoms in total. The van der Waals surface area contributed by atoms with Crippen LogP contribution in [0, 0.1) is 0 Å². The molecular formula is C14H24N2O. The number of benzene rings is 1. The molecule has 0 heterocycles. The molecule has 1 N–H and O–H groups in total. The molecule has 0 amide bonds. The Hall–Kier alpha value is -1.06. The predicted molar refractivity (Wildman–Crippen MR) is 72.5 cm³/mol. The van der Waals surface area contributed by atoms with Gasteiger partial charge >= 0.3 is 0 Å². The third kappa shape index (κ3) is 5.20. The smallest absolute Gasteiger partial charge is 0.119 e. The van der Waals surface area contributed by atoms with Crippen LogP contribution in [0.5, 0.6) is 5.75 Å². The largest absolute Gasteiger partial charge is 0.492 e. The molecule has 0 aliphatic carbocycles. The number of hydrogen-bond donors (Lipinski definition) is 1. The van der Waals surface area contributed by atoms with Gasteiger partial charge in [0.15, 0.2) is 0 Å². The predicted octanol–water partition coefficient (Wildman–Crippen LogP) is 2.13. The first-order valence-corrected chi connectivity index (χ1v) is 6.38. The van der Waals surface area contributed by atoms with E-state index in [2.05, 4.69) is 36.2 Å². The Morgan fingerprint density at radius 3 is 2.65 bits per heavy atom. The lowest BCUT2D eigenvalue weighted by Crippen LogP contribution is -2.27. The highest BCUT2D eigenvalue weighted by Crippen LogP contribution is 2.13. The fourth-order valence-corrected chi connectivity index (χ4v) is 1.78. The van der Waals surface area contributed by atoms with E-state index in [9.17, 15) is 0 Å². The van der Waals surface area contributed by atoms with Gasteiger partial charge in [-0.05, 0) is 37.8 Å². The van der Waals surface area contributed by atoms with Crippen molar-refractivity contribution < 1.29 is 4.74 Å². The molecule has 0 aromatic heterocycles. The quantitative estimate of drug-likeness (QED) is 0.748. The fraction of sp³-hybridized carbons (Fsp3) is 0.571. The van der Waals surface area contributed by atoms with Gasteiger partial charge in [-0.2, -0.15) is 0 Å². The van der Waals surface area contributed by atoms with Gasteiger partial charge in [-0.3, -0.25) is 0 Å². The Balaban J connectivity index is 2.38. The first-order chi connectivity index (χ1) is 8.30. The van der Waals surface area contributed by atoms with Crippen LogP contribution < -0.4 is 10.1 Å². The zero-order valence-corrected chi connectivity index (χ0v) is 11.2. The monoisotopic (exact) mass is 236 g/mol. The second kappa shape index (κ2) is 8.09. The summed E-state index contributed by atoms with van der Waals surface area (Å²) in [6.45, 7) is 9.15. The number of rotatable bonds is 8. The number of ether oxygens (including phenoxy) is 1. The molecule has 0 saturated heterocycles. The standard InChI is InChI=1S/C14H24N2O/c1-4-16(5-2)9-10-17-14-8-6-7-13(11-14)12-15-3/h6-8,11,15H,4-5,9-10,12H2,1-3H3. The molecule has 1 aromatic carbocycles. The van der Waals surface area contributed by atoms with Crippen LogP contribution in [0.15, 0.2) is 24.3 Å². The van der Waals surface area contributed by atoms with Crippen molar-refractivity contribution in [2.75, 3.05) is 33.3 Å². The molecule has 0 radical (unpaired) electrons. The lowest BCUT2D eigenvalue weighted by atomic mass is 10.2. The van der Waals surface area contributed by atoms with Gasteiger partial charge in [-0.1, -0.05) is 26.0 Å². The van der Waals surface area contributed by atoms with Crippen molar-refractivity contribution >= 4 is 0 Å². The zero-order valence-electron chi connectivity index (χ0n) is 11.2. The van der Waals surface area contributed by atoms with Gasteiger partial charge in [-0.25, -0.2) is 0 Å². The van der Waals surface area contributed by atoms with Gasteiger partial charge in [0, 0.05) is 13.1 Å². The second-order valence-corrected chi connectivity index (χ2v) is 4.05. The summed E-state index contributed by atoms with van der Waals surface area (Å²) >= 11 is 0. The highest BCUT2D eigenvalue weighted by Gasteiger charge is 2.00. The van der Waals surface area contributed by atoms with E-state index in [1.807, 2.05) is 19.2 Å². The Kier molecular flexibility index (Phi) is 6.67. The van der Waals surface area contributed by atoms with E-state index in [4.69, 9.17) is 4.74 Å². The van der Waals surface area contributed by atoms with Gasteiger partial charge in [0.1, 0.15) is 12.4 Å². The SMILES string of the molecule is CCN(CC)CCOc1cccc(CNC)c1. The van der Waals surface area contributed by atoms with Crippen LogP contribution in [0.4, 0.5) is 0 Å². The van der Waals surface area contributed by atoms with E-state index in [-0.39, 0.29) is 0 Å². The third-order valence-corrected chi connectivity index (χ3v) is 2.85. The number of likely N-dealkylation sites (N-methyl/N-ethyl adjacent to an activating group) is 1. The molecule has 1 aromatic rings. The van der Waals surface area contributed by atoms with Crippen LogP contribution in [0.25, 0.3) is 0 Å². The van der Waals surface area contributed by atoms with E-state index < -0.39 is 0 Å². The molecular weight excluding hydrogens is 212 g/mol. The molecule has 0 aliphatic heterocycles. The summed E-state index contributed by atoms with van der Waals surface area (Å²) < 4.78 is 5.76. The Bertz CT molecular complexity index is 311. The Morgan fingerprint density at radius 1 is 1.24 bits per heavy atom. The maximum atomic E-state index is 5.76. The first kappa shape index (κ1) is 14.0. The van der Waals surface area contributed by atoms with Crippen molar-refractivity contribution in [2.24, 2.45) is 0 Å². The van der Waals surface area contributed by atoms with Gasteiger partial charge in [0.2, 0.25) is 0 Å². The Morgan fingerprint density at radius 2 is 2.00 bits per heavy atom. The van der Waals surface area contributed by atoms with Crippen LogP contribution in [0.3, 0.4) is 0 Å². The van der Waals surface area contributed by atoms with Crippen LogP contribution >= 0.6 is 0 Å². The molecule has 17 heavy (non-hydrogen) atoms. The minimum absolute atomic E-state index is 0.755. The van der Waals surface area contributed by atoms with Crippen molar-refractivity contribution in [2.45, 2.75) is 20.4 Å². The minimum Gasteiger partial charge on any atom is -0.492 e. The molecule has 96 valence electrons. The molecule has 0 atom stereocenters. The number of hydrogen-bond acceptors (Lipinski definition) is 3. The highest BCUT2D eigenvalue weighted by atomic mass is 16.5. The second-order valence-electron chi connectivity index (χ2n) is 4.05. The van der Waals surface area contributed by atoms with Crippen molar-refractivity contribution in [1.29, 1.82) is 0 Å². The maximum Gasteiger partial charge on any atom is 0.119 e. The van der Waals surface area contributed by atoms with Gasteiger partial charge in [0.05, 0.1) is 0 Å². The van der Waals surface area contributed by atoms with Gasteiger partial charge in [-0.15, -0.1) is 0 Å². The molecule has 0 fully saturated rings. The van der Waals surface area contributed by atoms with Crippen molar-refractivity contribution in [3.63, 3.8) is 0 Å². The van der Waals surface area contributed by atoms with E-state index in [0.29, 0.717) is 0 Å². The summed E-state index contributed by atoms with van der Waals surface area (Å²) in [7, 11) is 1.95. The summed E-state index contributed by atoms with van der Waals surface area (Å²) in [6.07, 6.45) is 0. The molecule has 0 unspecified atom stereocenters. The molecule has 0 saturated carbocycles. The topological polar surface area (TPSA) is 24.5 Å². The van der Waals surface area contributed by atoms with Gasteiger partial charge in [0.25, 0.3) is 0 Å². The molecule has 1 rings (SSSR count). The van der Waals surface area contributed by atoms with Crippen molar-refractivity contribution in [3.05, 3.63) is 29.8 Å². The summed E-state index contributed by atoms with van der Waals surface area (Å²) in [6, 6.07) is 8.26. The Labute approximate surface area is 105 Å². The van der Waals surface area contributed by atoms with Crippen LogP contribution in [-0.4, -0.2) is 38.2 Å². The van der Waals surface area contributed by atoms with E-state index in [0.717, 1.165) is 38.5 Å². The van der Waals surface area contributed by atoms with Crippen molar-refractivity contribution in [3.8, 4) is 5.75 Å². The van der Waals surface area contributed by atoms with E-state index >= 15 is 0 Å². The normalized spacial score (nSPS) is 10.8. The van der Waals surface area contributed by atoms with Crippen LogP contribution in [0.1, 0.15) is 19.4 Å². The number of nitrogens with one attached hydrogen (secondary N) is 1. The van der Waals surface area contributed by atoms with E-state index in [1.54, 1.807) is 0 Å². The van der Waals surface area contributed by atoms with Crippen LogP contribution in [-0.2, 0) is 6.54 Å². The minimum atomic E-state index is 0.755. The summed E-state index contributed by atoms with van der Waals surface area (Å²) in [4.78, 5) is 2.36. The molecule has 0 bridgehead atoms. The lowest BCUT2D eigenvalue weighted by Gasteiger charge is -2.18. The lowest BCUT2D eigenvalue weighted by molar-refractivity contribution is 0.222.